The molecule has 0 aliphatic heterocycles. The Kier molecular flexibility index (Phi) is 6.63. The van der Waals surface area contributed by atoms with Crippen LogP contribution in [0.4, 0.5) is 5.69 Å². The molecule has 2 aromatic carbocycles. The summed E-state index contributed by atoms with van der Waals surface area (Å²) in [6.07, 6.45) is 2.33. The Balaban J connectivity index is 1.39. The second-order valence-corrected chi connectivity index (χ2v) is 7.39. The highest BCUT2D eigenvalue weighted by atomic mass is 16.5. The zero-order valence-electron chi connectivity index (χ0n) is 18.6. The molecule has 4 rings (SSSR count). The van der Waals surface area contributed by atoms with Crippen molar-refractivity contribution in [1.82, 2.24) is 15.0 Å². The molecule has 0 spiro atoms. The number of aromatic amines is 1. The number of rotatable bonds is 7. The van der Waals surface area contributed by atoms with Gasteiger partial charge in [-0.1, -0.05) is 0 Å². The maximum Gasteiger partial charge on any atom is 0.338 e. The average molecular weight is 458 g/mol. The van der Waals surface area contributed by atoms with Gasteiger partial charge in [-0.3, -0.25) is 9.78 Å². The van der Waals surface area contributed by atoms with E-state index in [0.717, 1.165) is 5.56 Å². The van der Waals surface area contributed by atoms with Gasteiger partial charge in [-0.25, -0.2) is 14.6 Å². The minimum atomic E-state index is -1.04. The third kappa shape index (κ3) is 5.09. The standard InChI is InChI=1S/C25H22N4O5/c1-3-33-24(31)16-6-9-19(10-7-16)27-23(30)15(2)34-25(32)17-8-11-20-21(13-17)29-22(28-20)18-5-4-12-26-14-18/h4-15H,3H2,1-2H3,(H,27,30)(H,28,29). The summed E-state index contributed by atoms with van der Waals surface area (Å²) in [7, 11) is 0. The first-order valence-electron chi connectivity index (χ1n) is 10.6. The number of benzene rings is 2. The van der Waals surface area contributed by atoms with Gasteiger partial charge in [0.05, 0.1) is 28.8 Å². The molecule has 1 amide bonds. The van der Waals surface area contributed by atoms with Crippen LogP contribution in [0.5, 0.6) is 0 Å². The smallest absolute Gasteiger partial charge is 0.338 e. The van der Waals surface area contributed by atoms with Gasteiger partial charge in [0.1, 0.15) is 5.82 Å². The van der Waals surface area contributed by atoms with Gasteiger partial charge in [0.25, 0.3) is 5.91 Å². The number of ether oxygens (including phenoxy) is 2. The summed E-state index contributed by atoms with van der Waals surface area (Å²) in [5, 5.41) is 2.66. The van der Waals surface area contributed by atoms with Crippen LogP contribution in [0.15, 0.2) is 67.0 Å². The number of amides is 1. The molecule has 1 unspecified atom stereocenters. The molecule has 0 saturated carbocycles. The Labute approximate surface area is 195 Å². The van der Waals surface area contributed by atoms with E-state index >= 15 is 0 Å². The molecule has 0 saturated heterocycles. The second-order valence-electron chi connectivity index (χ2n) is 7.39. The van der Waals surface area contributed by atoms with Crippen LogP contribution in [0.2, 0.25) is 0 Å². The number of hydrogen-bond donors (Lipinski definition) is 2. The number of esters is 2. The molecular weight excluding hydrogens is 436 g/mol. The zero-order valence-corrected chi connectivity index (χ0v) is 18.6. The fraction of sp³-hybridized carbons (Fsp3) is 0.160. The lowest BCUT2D eigenvalue weighted by atomic mass is 10.2. The lowest BCUT2D eigenvalue weighted by Crippen LogP contribution is -2.30. The normalized spacial score (nSPS) is 11.6. The van der Waals surface area contributed by atoms with Crippen molar-refractivity contribution < 1.29 is 23.9 Å². The highest BCUT2D eigenvalue weighted by Crippen LogP contribution is 2.21. The van der Waals surface area contributed by atoms with Gasteiger partial charge in [-0.15, -0.1) is 0 Å². The second kappa shape index (κ2) is 9.95. The van der Waals surface area contributed by atoms with Gasteiger partial charge in [-0.05, 0) is 68.4 Å². The fourth-order valence-electron chi connectivity index (χ4n) is 3.21. The van der Waals surface area contributed by atoms with Gasteiger partial charge in [-0.2, -0.15) is 0 Å². The molecule has 2 N–H and O–H groups in total. The summed E-state index contributed by atoms with van der Waals surface area (Å²) < 4.78 is 10.3. The summed E-state index contributed by atoms with van der Waals surface area (Å²) in [4.78, 5) is 48.6. The highest BCUT2D eigenvalue weighted by molar-refractivity contribution is 5.99. The van der Waals surface area contributed by atoms with E-state index in [2.05, 4.69) is 20.3 Å². The van der Waals surface area contributed by atoms with E-state index in [0.29, 0.717) is 28.1 Å². The topological polar surface area (TPSA) is 123 Å². The average Bonchev–Trinajstić information content (AvgIpc) is 3.28. The molecule has 0 bridgehead atoms. The van der Waals surface area contributed by atoms with Crippen LogP contribution in [0.3, 0.4) is 0 Å². The molecule has 34 heavy (non-hydrogen) atoms. The number of nitrogens with zero attached hydrogens (tertiary/aromatic N) is 2. The first-order valence-corrected chi connectivity index (χ1v) is 10.6. The van der Waals surface area contributed by atoms with E-state index in [9.17, 15) is 14.4 Å². The number of carbonyl (C=O) groups is 3. The van der Waals surface area contributed by atoms with Crippen LogP contribution in [-0.4, -0.2) is 45.5 Å². The van der Waals surface area contributed by atoms with Crippen molar-refractivity contribution in [1.29, 1.82) is 0 Å². The molecule has 0 aliphatic rings. The van der Waals surface area contributed by atoms with Crippen molar-refractivity contribution in [2.75, 3.05) is 11.9 Å². The monoisotopic (exact) mass is 458 g/mol. The van der Waals surface area contributed by atoms with Crippen LogP contribution in [0.1, 0.15) is 34.6 Å². The first kappa shape index (κ1) is 22.7. The van der Waals surface area contributed by atoms with Gasteiger partial charge >= 0.3 is 11.9 Å². The van der Waals surface area contributed by atoms with Crippen LogP contribution in [0, 0.1) is 0 Å². The number of anilines is 1. The third-order valence-corrected chi connectivity index (χ3v) is 4.97. The predicted octanol–water partition coefficient (Wildman–Crippen LogP) is 3.99. The first-order chi connectivity index (χ1) is 16.4. The SMILES string of the molecule is CCOC(=O)c1ccc(NC(=O)C(C)OC(=O)c2ccc3nc(-c4cccnc4)[nH]c3c2)cc1. The lowest BCUT2D eigenvalue weighted by molar-refractivity contribution is -0.123. The van der Waals surface area contributed by atoms with Crippen molar-refractivity contribution in [2.45, 2.75) is 20.0 Å². The summed E-state index contributed by atoms with van der Waals surface area (Å²) in [6.45, 7) is 3.48. The number of imidazole rings is 1. The quantitative estimate of drug-likeness (QED) is 0.402. The molecule has 0 fully saturated rings. The van der Waals surface area contributed by atoms with Gasteiger partial charge < -0.3 is 19.8 Å². The molecule has 172 valence electrons. The Bertz CT molecular complexity index is 1330. The van der Waals surface area contributed by atoms with E-state index in [-0.39, 0.29) is 12.2 Å². The van der Waals surface area contributed by atoms with Crippen molar-refractivity contribution in [3.8, 4) is 11.4 Å². The molecule has 4 aromatic rings. The number of H-pyrrole nitrogens is 1. The minimum Gasteiger partial charge on any atom is -0.462 e. The number of hydrogen-bond acceptors (Lipinski definition) is 7. The van der Waals surface area contributed by atoms with E-state index in [1.54, 1.807) is 61.8 Å². The molecule has 9 heteroatoms. The number of nitrogens with one attached hydrogen (secondary N) is 2. The molecule has 1 atom stereocenters. The van der Waals surface area contributed by atoms with Crippen molar-refractivity contribution in [3.05, 3.63) is 78.1 Å². The Morgan fingerprint density at radius 3 is 2.50 bits per heavy atom. The van der Waals surface area contributed by atoms with Crippen LogP contribution >= 0.6 is 0 Å². The molecular formula is C25H22N4O5. The van der Waals surface area contributed by atoms with E-state index < -0.39 is 23.9 Å². The number of carbonyl (C=O) groups excluding carboxylic acids is 3. The molecule has 2 heterocycles. The van der Waals surface area contributed by atoms with Crippen molar-refractivity contribution >= 4 is 34.6 Å². The third-order valence-electron chi connectivity index (χ3n) is 4.97. The molecule has 2 aromatic heterocycles. The number of fused-ring (bicyclic) bond motifs is 1. The van der Waals surface area contributed by atoms with Crippen LogP contribution in [-0.2, 0) is 14.3 Å². The van der Waals surface area contributed by atoms with Gasteiger partial charge in [0, 0.05) is 23.6 Å². The summed E-state index contributed by atoms with van der Waals surface area (Å²) >= 11 is 0. The summed E-state index contributed by atoms with van der Waals surface area (Å²) in [5.41, 5.74) is 3.29. The largest absolute Gasteiger partial charge is 0.462 e. The van der Waals surface area contributed by atoms with Gasteiger partial charge in [0.2, 0.25) is 0 Å². The van der Waals surface area contributed by atoms with Gasteiger partial charge in [0.15, 0.2) is 6.10 Å². The zero-order chi connectivity index (χ0) is 24.1. The van der Waals surface area contributed by atoms with Crippen molar-refractivity contribution in [2.24, 2.45) is 0 Å². The number of pyridine rings is 1. The van der Waals surface area contributed by atoms with Crippen LogP contribution in [0.25, 0.3) is 22.4 Å². The summed E-state index contributed by atoms with van der Waals surface area (Å²) in [6, 6.07) is 14.9. The maximum atomic E-state index is 12.6. The molecule has 9 nitrogen and oxygen atoms in total. The summed E-state index contributed by atoms with van der Waals surface area (Å²) in [5.74, 6) is -0.946. The molecule has 0 aliphatic carbocycles. The van der Waals surface area contributed by atoms with Crippen LogP contribution < -0.4 is 5.32 Å². The van der Waals surface area contributed by atoms with E-state index in [1.807, 2.05) is 12.1 Å². The predicted molar refractivity (Wildman–Crippen MR) is 125 cm³/mol. The Morgan fingerprint density at radius 1 is 1.03 bits per heavy atom. The van der Waals surface area contributed by atoms with E-state index in [4.69, 9.17) is 9.47 Å². The van der Waals surface area contributed by atoms with E-state index in [1.165, 1.54) is 6.92 Å². The minimum absolute atomic E-state index is 0.277. The highest BCUT2D eigenvalue weighted by Gasteiger charge is 2.20. The molecule has 0 radical (unpaired) electrons. The maximum absolute atomic E-state index is 12.6. The lowest BCUT2D eigenvalue weighted by Gasteiger charge is -2.14. The fourth-order valence-corrected chi connectivity index (χ4v) is 3.21. The number of aromatic nitrogens is 3. The Hall–Kier alpha value is -4.53. The van der Waals surface area contributed by atoms with Crippen molar-refractivity contribution in [3.63, 3.8) is 0 Å². The Morgan fingerprint density at radius 2 is 1.79 bits per heavy atom.